The van der Waals surface area contributed by atoms with E-state index in [1.807, 2.05) is 13.0 Å². The summed E-state index contributed by atoms with van der Waals surface area (Å²) in [7, 11) is 0. The van der Waals surface area contributed by atoms with Gasteiger partial charge in [-0.15, -0.1) is 0 Å². The molecular weight excluding hydrogens is 356 g/mol. The fourth-order valence-corrected chi connectivity index (χ4v) is 4.76. The number of esters is 1. The molecule has 4 atom stereocenters. The topological polar surface area (TPSA) is 87.5 Å². The lowest BCUT2D eigenvalue weighted by Crippen LogP contribution is -2.32. The number of nitriles is 1. The molecule has 0 unspecified atom stereocenters. The van der Waals surface area contributed by atoms with E-state index < -0.39 is 5.97 Å². The normalized spacial score (nSPS) is 28.2. The lowest BCUT2D eigenvalue weighted by atomic mass is 9.82. The quantitative estimate of drug-likeness (QED) is 0.265. The monoisotopic (exact) mass is 376 g/mol. The number of anilines is 1. The minimum absolute atomic E-state index is 0.101. The van der Waals surface area contributed by atoms with E-state index in [-0.39, 0.29) is 47.7 Å². The fourth-order valence-electron chi connectivity index (χ4n) is 4.76. The highest BCUT2D eigenvalue weighted by Gasteiger charge is 2.60. The van der Waals surface area contributed by atoms with Gasteiger partial charge in [-0.1, -0.05) is 23.8 Å². The van der Waals surface area contributed by atoms with Crippen LogP contribution in [0.3, 0.4) is 0 Å². The Balaban J connectivity index is 1.57. The summed E-state index contributed by atoms with van der Waals surface area (Å²) in [5.74, 6) is -1.06. The summed E-state index contributed by atoms with van der Waals surface area (Å²) in [6.45, 7) is 3.90. The SMILES string of the molecule is CCOC(=O)/C(C#N)=C/c1ccc(N2C(=O)[C@@H]3[C@H](C2=O)[C@H]2C=C(C)[C@@H]3C2)cc1. The highest BCUT2D eigenvalue weighted by Crippen LogP contribution is 2.55. The molecule has 6 nitrogen and oxygen atoms in total. The Morgan fingerprint density at radius 2 is 1.93 bits per heavy atom. The van der Waals surface area contributed by atoms with Crippen molar-refractivity contribution in [3.8, 4) is 6.07 Å². The molecule has 0 aromatic heterocycles. The summed E-state index contributed by atoms with van der Waals surface area (Å²) in [4.78, 5) is 38.9. The summed E-state index contributed by atoms with van der Waals surface area (Å²) < 4.78 is 4.85. The number of fused-ring (bicyclic) bond motifs is 5. The first kappa shape index (κ1) is 18.2. The van der Waals surface area contributed by atoms with E-state index in [1.165, 1.54) is 16.5 Å². The highest BCUT2D eigenvalue weighted by atomic mass is 16.5. The number of imide groups is 1. The summed E-state index contributed by atoms with van der Waals surface area (Å²) in [6.07, 6.45) is 4.48. The molecule has 1 heterocycles. The lowest BCUT2D eigenvalue weighted by Gasteiger charge is -2.19. The van der Waals surface area contributed by atoms with Crippen LogP contribution in [0.15, 0.2) is 41.5 Å². The van der Waals surface area contributed by atoms with E-state index in [0.29, 0.717) is 11.3 Å². The van der Waals surface area contributed by atoms with Crippen LogP contribution in [0.5, 0.6) is 0 Å². The summed E-state index contributed by atoms with van der Waals surface area (Å²) in [6, 6.07) is 8.53. The highest BCUT2D eigenvalue weighted by molar-refractivity contribution is 6.22. The Hall–Kier alpha value is -3.20. The van der Waals surface area contributed by atoms with Gasteiger partial charge in [-0.3, -0.25) is 14.5 Å². The second-order valence-electron chi connectivity index (χ2n) is 7.46. The van der Waals surface area contributed by atoms with Gasteiger partial charge in [0.15, 0.2) is 0 Å². The summed E-state index contributed by atoms with van der Waals surface area (Å²) in [5, 5.41) is 9.13. The van der Waals surface area contributed by atoms with Gasteiger partial charge in [-0.25, -0.2) is 4.79 Å². The maximum Gasteiger partial charge on any atom is 0.348 e. The zero-order chi connectivity index (χ0) is 20.0. The molecule has 0 radical (unpaired) electrons. The summed E-state index contributed by atoms with van der Waals surface area (Å²) >= 11 is 0. The van der Waals surface area contributed by atoms with Gasteiger partial charge in [-0.2, -0.15) is 5.26 Å². The average molecular weight is 376 g/mol. The number of carbonyl (C=O) groups excluding carboxylic acids is 3. The van der Waals surface area contributed by atoms with E-state index >= 15 is 0 Å². The number of benzene rings is 1. The van der Waals surface area contributed by atoms with E-state index in [0.717, 1.165) is 6.42 Å². The molecule has 1 aromatic rings. The zero-order valence-corrected chi connectivity index (χ0v) is 15.7. The molecular formula is C22H20N2O4. The molecule has 6 heteroatoms. The van der Waals surface area contributed by atoms with Gasteiger partial charge in [0.25, 0.3) is 0 Å². The first-order valence-electron chi connectivity index (χ1n) is 9.41. The maximum atomic E-state index is 13.0. The number of rotatable bonds is 4. The molecule has 142 valence electrons. The molecule has 2 bridgehead atoms. The van der Waals surface area contributed by atoms with Crippen molar-refractivity contribution < 1.29 is 19.1 Å². The molecule has 2 amide bonds. The molecule has 0 N–H and O–H groups in total. The van der Waals surface area contributed by atoms with Crippen LogP contribution in [-0.4, -0.2) is 24.4 Å². The smallest absolute Gasteiger partial charge is 0.348 e. The number of amides is 2. The Morgan fingerprint density at radius 1 is 1.25 bits per heavy atom. The third-order valence-electron chi connectivity index (χ3n) is 5.96. The minimum atomic E-state index is -0.676. The van der Waals surface area contributed by atoms with Gasteiger partial charge in [0.05, 0.1) is 24.1 Å². The van der Waals surface area contributed by atoms with Gasteiger partial charge in [-0.05, 0) is 55.9 Å². The molecule has 0 spiro atoms. The molecule has 4 rings (SSSR count). The van der Waals surface area contributed by atoms with Crippen LogP contribution in [0, 0.1) is 35.0 Å². The van der Waals surface area contributed by atoms with Crippen molar-refractivity contribution in [2.24, 2.45) is 23.7 Å². The van der Waals surface area contributed by atoms with Crippen molar-refractivity contribution in [3.63, 3.8) is 0 Å². The van der Waals surface area contributed by atoms with Crippen molar-refractivity contribution in [2.45, 2.75) is 20.3 Å². The predicted molar refractivity (Wildman–Crippen MR) is 101 cm³/mol. The third-order valence-corrected chi connectivity index (χ3v) is 5.96. The van der Waals surface area contributed by atoms with E-state index in [4.69, 9.17) is 10.00 Å². The number of ether oxygens (including phenoxy) is 1. The Kier molecular flexibility index (Phi) is 4.38. The number of hydrogen-bond donors (Lipinski definition) is 0. The lowest BCUT2D eigenvalue weighted by molar-refractivity contribution is -0.138. The van der Waals surface area contributed by atoms with Gasteiger partial charge in [0, 0.05) is 0 Å². The Labute approximate surface area is 163 Å². The Morgan fingerprint density at radius 3 is 2.57 bits per heavy atom. The number of allylic oxidation sites excluding steroid dienone is 2. The van der Waals surface area contributed by atoms with Crippen LogP contribution in [-0.2, 0) is 19.1 Å². The standard InChI is InChI=1S/C22H20N2O4/c1-3-28-22(27)15(11-23)9-13-4-6-16(7-5-13)24-20(25)18-14-8-12(2)17(10-14)19(18)21(24)26/h4-9,14,17-19H,3,10H2,1-2H3/b15-9+/t14-,17-,18+,19-/m0/s1. The zero-order valence-electron chi connectivity index (χ0n) is 15.7. The predicted octanol–water partition coefficient (Wildman–Crippen LogP) is 2.86. The largest absolute Gasteiger partial charge is 0.462 e. The molecule has 1 aromatic carbocycles. The number of nitrogens with zero attached hydrogens (tertiary/aromatic N) is 2. The van der Waals surface area contributed by atoms with Crippen molar-refractivity contribution in [2.75, 3.05) is 11.5 Å². The first-order chi connectivity index (χ1) is 13.5. The second-order valence-corrected chi connectivity index (χ2v) is 7.46. The molecule has 3 aliphatic rings. The van der Waals surface area contributed by atoms with Crippen LogP contribution in [0.1, 0.15) is 25.8 Å². The second kappa shape index (κ2) is 6.75. The van der Waals surface area contributed by atoms with Gasteiger partial charge in [0.2, 0.25) is 11.8 Å². The molecule has 1 aliphatic heterocycles. The molecule has 2 aliphatic carbocycles. The van der Waals surface area contributed by atoms with Crippen molar-refractivity contribution in [1.82, 2.24) is 0 Å². The van der Waals surface area contributed by atoms with E-state index in [1.54, 1.807) is 31.2 Å². The van der Waals surface area contributed by atoms with Gasteiger partial charge < -0.3 is 4.74 Å². The van der Waals surface area contributed by atoms with Crippen LogP contribution in [0.2, 0.25) is 0 Å². The minimum Gasteiger partial charge on any atom is -0.462 e. The van der Waals surface area contributed by atoms with Crippen LogP contribution in [0.4, 0.5) is 5.69 Å². The maximum absolute atomic E-state index is 13.0. The van der Waals surface area contributed by atoms with E-state index in [2.05, 4.69) is 6.08 Å². The molecule has 28 heavy (non-hydrogen) atoms. The van der Waals surface area contributed by atoms with Gasteiger partial charge in [0.1, 0.15) is 11.6 Å². The number of carbonyl (C=O) groups is 3. The van der Waals surface area contributed by atoms with Crippen molar-refractivity contribution in [1.29, 1.82) is 5.26 Å². The van der Waals surface area contributed by atoms with Crippen LogP contribution >= 0.6 is 0 Å². The van der Waals surface area contributed by atoms with Crippen LogP contribution in [0.25, 0.3) is 6.08 Å². The van der Waals surface area contributed by atoms with Gasteiger partial charge >= 0.3 is 5.97 Å². The first-order valence-corrected chi connectivity index (χ1v) is 9.41. The average Bonchev–Trinajstić information content (AvgIpc) is 3.31. The summed E-state index contributed by atoms with van der Waals surface area (Å²) in [5.41, 5.74) is 2.26. The molecule has 2 fully saturated rings. The Bertz CT molecular complexity index is 967. The van der Waals surface area contributed by atoms with E-state index in [9.17, 15) is 14.4 Å². The van der Waals surface area contributed by atoms with Crippen molar-refractivity contribution >= 4 is 29.5 Å². The van der Waals surface area contributed by atoms with Crippen LogP contribution < -0.4 is 4.90 Å². The fraction of sp³-hybridized carbons (Fsp3) is 0.364. The number of hydrogen-bond acceptors (Lipinski definition) is 5. The molecule has 1 saturated heterocycles. The third kappa shape index (κ3) is 2.66. The van der Waals surface area contributed by atoms with Crippen molar-refractivity contribution in [3.05, 3.63) is 47.1 Å². The molecule has 1 saturated carbocycles.